The van der Waals surface area contributed by atoms with Gasteiger partial charge in [0.25, 0.3) is 0 Å². The van der Waals surface area contributed by atoms with Gasteiger partial charge >= 0.3 is 5.97 Å². The fourth-order valence-corrected chi connectivity index (χ4v) is 5.14. The number of carbonyl (C=O) groups excluding carboxylic acids is 2. The van der Waals surface area contributed by atoms with Crippen LogP contribution in [-0.2, 0) is 28.1 Å². The van der Waals surface area contributed by atoms with E-state index in [1.807, 2.05) is 20.8 Å². The number of nitrogens with one attached hydrogen (secondary N) is 1. The highest BCUT2D eigenvalue weighted by molar-refractivity contribution is 6.06. The number of hydrogen-bond acceptors (Lipinski definition) is 7. The van der Waals surface area contributed by atoms with Crippen molar-refractivity contribution < 1.29 is 38.5 Å². The first kappa shape index (κ1) is 27.9. The summed E-state index contributed by atoms with van der Waals surface area (Å²) in [5.74, 6) is -2.81. The van der Waals surface area contributed by atoms with Crippen molar-refractivity contribution in [2.24, 2.45) is 0 Å². The number of amides is 1. The molecule has 39 heavy (non-hydrogen) atoms. The number of phenols is 1. The SMILES string of the molecule is COc1cc2c(c(F)c1OC)C(=N)N(CC(=O)c1cc(CN3C(=O)CCC3C(=O)O)c(O)c(C(C)(C)C)c1)C2. The fourth-order valence-electron chi connectivity index (χ4n) is 5.14. The number of hydrogen-bond donors (Lipinski definition) is 3. The van der Waals surface area contributed by atoms with Crippen molar-refractivity contribution in [3.63, 3.8) is 0 Å². The molecule has 2 aliphatic heterocycles. The van der Waals surface area contributed by atoms with Crippen molar-refractivity contribution in [2.75, 3.05) is 20.8 Å². The zero-order chi connectivity index (χ0) is 28.8. The summed E-state index contributed by atoms with van der Waals surface area (Å²) in [6, 6.07) is 3.60. The fraction of sp³-hybridized carbons (Fsp3) is 0.429. The van der Waals surface area contributed by atoms with Crippen LogP contribution in [0.2, 0.25) is 0 Å². The van der Waals surface area contributed by atoms with Gasteiger partial charge in [-0.2, -0.15) is 0 Å². The van der Waals surface area contributed by atoms with E-state index < -0.39 is 23.2 Å². The Bertz CT molecular complexity index is 1380. The molecule has 1 atom stereocenters. The van der Waals surface area contributed by atoms with Crippen LogP contribution < -0.4 is 9.47 Å². The molecule has 1 fully saturated rings. The molecule has 0 saturated carbocycles. The van der Waals surface area contributed by atoms with Crippen molar-refractivity contribution in [3.05, 3.63) is 51.8 Å². The van der Waals surface area contributed by atoms with E-state index >= 15 is 4.39 Å². The molecule has 2 aromatic rings. The monoisotopic (exact) mass is 541 g/mol. The number of ether oxygens (including phenoxy) is 2. The van der Waals surface area contributed by atoms with E-state index in [1.54, 1.807) is 12.1 Å². The number of carbonyl (C=O) groups is 3. The number of fused-ring (bicyclic) bond motifs is 1. The van der Waals surface area contributed by atoms with E-state index in [9.17, 15) is 24.6 Å². The molecule has 0 aromatic heterocycles. The van der Waals surface area contributed by atoms with Gasteiger partial charge in [-0.25, -0.2) is 9.18 Å². The molecule has 2 aromatic carbocycles. The summed E-state index contributed by atoms with van der Waals surface area (Å²) in [4.78, 5) is 40.3. The quantitative estimate of drug-likeness (QED) is 0.432. The summed E-state index contributed by atoms with van der Waals surface area (Å²) >= 11 is 0. The molecule has 0 bridgehead atoms. The van der Waals surface area contributed by atoms with Crippen molar-refractivity contribution in [1.82, 2.24) is 9.80 Å². The van der Waals surface area contributed by atoms with E-state index in [1.165, 1.54) is 30.1 Å². The second kappa shape index (κ2) is 10.2. The van der Waals surface area contributed by atoms with E-state index in [-0.39, 0.29) is 83.9 Å². The number of carboxylic acid groups (broad SMARTS) is 1. The number of likely N-dealkylation sites (tertiary alicyclic amines) is 1. The molecule has 1 unspecified atom stereocenters. The normalized spacial score (nSPS) is 17.0. The number of aliphatic carboxylic acids is 1. The summed E-state index contributed by atoms with van der Waals surface area (Å²) in [6.07, 6.45) is 0.260. The Morgan fingerprint density at radius 1 is 1.18 bits per heavy atom. The predicted molar refractivity (Wildman–Crippen MR) is 139 cm³/mol. The number of halogens is 1. The number of amidine groups is 1. The van der Waals surface area contributed by atoms with Gasteiger partial charge in [0.2, 0.25) is 5.91 Å². The van der Waals surface area contributed by atoms with Gasteiger partial charge in [-0.3, -0.25) is 15.0 Å². The summed E-state index contributed by atoms with van der Waals surface area (Å²) in [7, 11) is 2.69. The topological polar surface area (TPSA) is 140 Å². The predicted octanol–water partition coefficient (Wildman–Crippen LogP) is 3.45. The first-order chi connectivity index (χ1) is 18.3. The zero-order valence-corrected chi connectivity index (χ0v) is 22.6. The molecule has 0 radical (unpaired) electrons. The average molecular weight is 542 g/mol. The van der Waals surface area contributed by atoms with Crippen molar-refractivity contribution in [2.45, 2.75) is 58.2 Å². The number of phenolic OH excluding ortho intramolecular Hbond substituents is 1. The average Bonchev–Trinajstić information content (AvgIpc) is 3.38. The lowest BCUT2D eigenvalue weighted by Crippen LogP contribution is -2.38. The maximum atomic E-state index is 15.1. The molecule has 1 saturated heterocycles. The maximum absolute atomic E-state index is 15.1. The van der Waals surface area contributed by atoms with Crippen molar-refractivity contribution in [1.29, 1.82) is 5.41 Å². The summed E-state index contributed by atoms with van der Waals surface area (Å²) in [5, 5.41) is 29.1. The molecule has 2 aliphatic rings. The Hall–Kier alpha value is -4.15. The van der Waals surface area contributed by atoms with Crippen LogP contribution in [0.5, 0.6) is 17.2 Å². The van der Waals surface area contributed by atoms with Crippen LogP contribution in [0.15, 0.2) is 18.2 Å². The van der Waals surface area contributed by atoms with Gasteiger partial charge in [0.1, 0.15) is 17.6 Å². The Kier molecular flexibility index (Phi) is 7.29. The molecule has 1 amide bonds. The van der Waals surface area contributed by atoms with E-state index in [0.29, 0.717) is 11.1 Å². The molecule has 11 heteroatoms. The number of rotatable bonds is 8. The van der Waals surface area contributed by atoms with E-state index in [4.69, 9.17) is 14.9 Å². The van der Waals surface area contributed by atoms with Crippen LogP contribution in [-0.4, -0.2) is 70.3 Å². The third-order valence-electron chi connectivity index (χ3n) is 7.21. The zero-order valence-electron chi connectivity index (χ0n) is 22.6. The molecular formula is C28H32FN3O7. The minimum Gasteiger partial charge on any atom is -0.507 e. The van der Waals surface area contributed by atoms with Gasteiger partial charge < -0.3 is 29.5 Å². The minimum atomic E-state index is -1.13. The first-order valence-electron chi connectivity index (χ1n) is 12.5. The van der Waals surface area contributed by atoms with E-state index in [2.05, 4.69) is 0 Å². The summed E-state index contributed by atoms with van der Waals surface area (Å²) in [5.41, 5.74) is 0.884. The standard InChI is InChI=1S/C28H32FN3O7/c1-28(2,3)17-9-14(8-16(24(17)35)12-32-18(27(36)37)6-7-21(32)34)19(33)13-31-11-15-10-20(38-4)25(39-5)23(29)22(15)26(31)30/h8-10,18,30,35H,6-7,11-13H2,1-5H3,(H,36,37). The number of carboxylic acids is 1. The lowest BCUT2D eigenvalue weighted by atomic mass is 9.83. The Labute approximate surface area is 225 Å². The van der Waals surface area contributed by atoms with Gasteiger partial charge in [-0.15, -0.1) is 0 Å². The molecule has 4 rings (SSSR count). The Balaban J connectivity index is 1.66. The number of Topliss-reactive ketones (excluding diaryl/α,β-unsaturated/α-hetero) is 1. The van der Waals surface area contributed by atoms with Gasteiger partial charge in [0, 0.05) is 29.7 Å². The van der Waals surface area contributed by atoms with E-state index in [0.717, 1.165) is 0 Å². The van der Waals surface area contributed by atoms with Crippen molar-refractivity contribution in [3.8, 4) is 17.2 Å². The van der Waals surface area contributed by atoms with Crippen molar-refractivity contribution >= 4 is 23.5 Å². The smallest absolute Gasteiger partial charge is 0.326 e. The first-order valence-corrected chi connectivity index (χ1v) is 12.5. The van der Waals surface area contributed by atoms with Crippen LogP contribution in [0.25, 0.3) is 0 Å². The molecule has 3 N–H and O–H groups in total. The number of ketones is 1. The molecule has 0 spiro atoms. The van der Waals surface area contributed by atoms with Crippen LogP contribution in [0, 0.1) is 11.2 Å². The van der Waals surface area contributed by atoms with Crippen LogP contribution >= 0.6 is 0 Å². The largest absolute Gasteiger partial charge is 0.507 e. The van der Waals surface area contributed by atoms with Crippen LogP contribution in [0.1, 0.15) is 66.2 Å². The highest BCUT2D eigenvalue weighted by Gasteiger charge is 2.37. The lowest BCUT2D eigenvalue weighted by Gasteiger charge is -2.27. The number of aromatic hydroxyl groups is 1. The Morgan fingerprint density at radius 3 is 2.46 bits per heavy atom. The minimum absolute atomic E-state index is 0.0366. The summed E-state index contributed by atoms with van der Waals surface area (Å²) in [6.45, 7) is 5.27. The second-order valence-electron chi connectivity index (χ2n) is 10.8. The lowest BCUT2D eigenvalue weighted by molar-refractivity contribution is -0.146. The highest BCUT2D eigenvalue weighted by atomic mass is 19.1. The van der Waals surface area contributed by atoms with Crippen LogP contribution in [0.4, 0.5) is 4.39 Å². The Morgan fingerprint density at radius 2 is 1.87 bits per heavy atom. The second-order valence-corrected chi connectivity index (χ2v) is 10.8. The summed E-state index contributed by atoms with van der Waals surface area (Å²) < 4.78 is 25.5. The highest BCUT2D eigenvalue weighted by Crippen LogP contribution is 2.39. The third kappa shape index (κ3) is 5.00. The number of methoxy groups -OCH3 is 2. The van der Waals surface area contributed by atoms with Gasteiger partial charge in [-0.1, -0.05) is 20.8 Å². The maximum Gasteiger partial charge on any atom is 0.326 e. The molecular weight excluding hydrogens is 509 g/mol. The van der Waals surface area contributed by atoms with Gasteiger partial charge in [0.15, 0.2) is 23.1 Å². The number of benzene rings is 2. The molecule has 2 heterocycles. The molecule has 10 nitrogen and oxygen atoms in total. The number of nitrogens with zero attached hydrogens (tertiary/aromatic N) is 2. The third-order valence-corrected chi connectivity index (χ3v) is 7.21. The van der Waals surface area contributed by atoms with Gasteiger partial charge in [-0.05, 0) is 35.6 Å². The van der Waals surface area contributed by atoms with Gasteiger partial charge in [0.05, 0.1) is 32.9 Å². The van der Waals surface area contributed by atoms with Crippen LogP contribution in [0.3, 0.4) is 0 Å². The molecule has 208 valence electrons. The molecule has 0 aliphatic carbocycles.